The van der Waals surface area contributed by atoms with Gasteiger partial charge in [-0.2, -0.15) is 15.0 Å². The molecule has 4 heterocycles. The Morgan fingerprint density at radius 3 is 1.89 bits per heavy atom. The second-order valence-electron chi connectivity index (χ2n) is 12.0. The van der Waals surface area contributed by atoms with E-state index in [2.05, 4.69) is 39.4 Å². The number of benzene rings is 2. The summed E-state index contributed by atoms with van der Waals surface area (Å²) in [5.41, 5.74) is 3.06. The topological polar surface area (TPSA) is 128 Å². The number of ether oxygens (including phenoxy) is 2. The first kappa shape index (κ1) is 31.6. The molecule has 3 amide bonds. The minimum absolute atomic E-state index is 0.0599. The van der Waals surface area contributed by atoms with Crippen molar-refractivity contribution in [1.29, 1.82) is 0 Å². The molecule has 244 valence electrons. The Morgan fingerprint density at radius 2 is 1.35 bits per heavy atom. The summed E-state index contributed by atoms with van der Waals surface area (Å²) in [6.07, 6.45) is 1.98. The molecule has 3 aliphatic heterocycles. The molecule has 3 aromatic rings. The second-order valence-corrected chi connectivity index (χ2v) is 12.0. The van der Waals surface area contributed by atoms with Crippen molar-refractivity contribution in [3.05, 3.63) is 59.7 Å². The van der Waals surface area contributed by atoms with Crippen molar-refractivity contribution >= 4 is 29.5 Å². The molecular weight excluding hydrogens is 586 g/mol. The number of likely N-dealkylation sites (tertiary alicyclic amines) is 1. The summed E-state index contributed by atoms with van der Waals surface area (Å²) in [6.45, 7) is 7.33. The van der Waals surface area contributed by atoms with E-state index in [4.69, 9.17) is 24.4 Å². The number of nitrogens with zero attached hydrogens (tertiary/aromatic N) is 7. The third kappa shape index (κ3) is 7.90. The first-order chi connectivity index (χ1) is 22.4. The van der Waals surface area contributed by atoms with E-state index in [-0.39, 0.29) is 11.9 Å². The highest BCUT2D eigenvalue weighted by atomic mass is 16.5. The number of hydrogen-bond donors (Lipinski definition) is 2. The van der Waals surface area contributed by atoms with Gasteiger partial charge in [-0.05, 0) is 68.9 Å². The molecule has 0 unspecified atom stereocenters. The molecule has 13 nitrogen and oxygen atoms in total. The van der Waals surface area contributed by atoms with Crippen LogP contribution in [0.25, 0.3) is 11.4 Å². The Kier molecular flexibility index (Phi) is 10.2. The van der Waals surface area contributed by atoms with Crippen LogP contribution in [0.5, 0.6) is 0 Å². The summed E-state index contributed by atoms with van der Waals surface area (Å²) >= 11 is 0. The number of nitrogens with one attached hydrogen (secondary N) is 2. The smallest absolute Gasteiger partial charge is 0.319 e. The van der Waals surface area contributed by atoms with E-state index in [1.165, 1.54) is 0 Å². The number of hydrogen-bond acceptors (Lipinski definition) is 10. The average Bonchev–Trinajstić information content (AvgIpc) is 3.11. The zero-order valence-electron chi connectivity index (χ0n) is 26.7. The van der Waals surface area contributed by atoms with Crippen molar-refractivity contribution in [2.75, 3.05) is 94.9 Å². The van der Waals surface area contributed by atoms with Gasteiger partial charge in [0, 0.05) is 68.7 Å². The number of carbonyl (C=O) groups is 2. The van der Waals surface area contributed by atoms with Crippen LogP contribution in [0.1, 0.15) is 28.8 Å². The van der Waals surface area contributed by atoms with E-state index in [1.807, 2.05) is 53.4 Å². The summed E-state index contributed by atoms with van der Waals surface area (Å²) in [5.74, 6) is 1.91. The maximum atomic E-state index is 13.0. The molecule has 2 N–H and O–H groups in total. The number of urea groups is 1. The molecule has 1 aromatic heterocycles. The van der Waals surface area contributed by atoms with Crippen molar-refractivity contribution in [3.63, 3.8) is 0 Å². The van der Waals surface area contributed by atoms with Gasteiger partial charge in [-0.15, -0.1) is 0 Å². The first-order valence-corrected chi connectivity index (χ1v) is 16.0. The predicted molar refractivity (Wildman–Crippen MR) is 176 cm³/mol. The SMILES string of the molecule is CN(C)C1CCN(C(=O)c2ccc(CNC(=O)Nc3ccc(-c4nc(N5CCOCC5)nc(N5CCOCC5)n4)cc3)cc2)CC1. The zero-order valence-corrected chi connectivity index (χ0v) is 26.7. The van der Waals surface area contributed by atoms with Crippen molar-refractivity contribution in [2.24, 2.45) is 0 Å². The fraction of sp³-hybridized carbons (Fsp3) is 0.485. The Balaban J connectivity index is 1.04. The van der Waals surface area contributed by atoms with E-state index < -0.39 is 0 Å². The molecule has 3 fully saturated rings. The molecule has 0 atom stereocenters. The van der Waals surface area contributed by atoms with Gasteiger partial charge in [0.1, 0.15) is 0 Å². The molecule has 6 rings (SSSR count). The van der Waals surface area contributed by atoms with Crippen molar-refractivity contribution < 1.29 is 19.1 Å². The quantitative estimate of drug-likeness (QED) is 0.384. The standard InChI is InChI=1S/C33H43N9O4/c1-39(2)28-11-13-40(14-12-28)30(43)26-5-3-24(4-6-26)23-34-33(44)35-27-9-7-25(8-10-27)29-36-31(41-15-19-45-20-16-41)38-32(37-29)42-17-21-46-22-18-42/h3-10,28H,11-23H2,1-2H3,(H2,34,35,44). The van der Waals surface area contributed by atoms with Gasteiger partial charge in [0.05, 0.1) is 26.4 Å². The van der Waals surface area contributed by atoms with E-state index in [0.29, 0.717) is 68.0 Å². The molecule has 0 aliphatic carbocycles. The van der Waals surface area contributed by atoms with Crippen molar-refractivity contribution in [3.8, 4) is 11.4 Å². The molecule has 0 bridgehead atoms. The van der Waals surface area contributed by atoms with E-state index in [1.54, 1.807) is 0 Å². The predicted octanol–water partition coefficient (Wildman–Crippen LogP) is 2.70. The van der Waals surface area contributed by atoms with Crippen LogP contribution in [0.2, 0.25) is 0 Å². The molecule has 0 radical (unpaired) electrons. The molecule has 3 aliphatic rings. The Hall–Kier alpha value is -4.33. The third-order valence-electron chi connectivity index (χ3n) is 8.74. The summed E-state index contributed by atoms with van der Waals surface area (Å²) in [4.78, 5) is 48.4. The fourth-order valence-corrected chi connectivity index (χ4v) is 5.89. The van der Waals surface area contributed by atoms with E-state index in [9.17, 15) is 9.59 Å². The van der Waals surface area contributed by atoms with Gasteiger partial charge in [0.2, 0.25) is 11.9 Å². The number of aromatic nitrogens is 3. The van der Waals surface area contributed by atoms with Gasteiger partial charge in [0.15, 0.2) is 5.82 Å². The minimum atomic E-state index is -0.318. The van der Waals surface area contributed by atoms with Gasteiger partial charge in [0.25, 0.3) is 5.91 Å². The Bertz CT molecular complexity index is 1430. The van der Waals surface area contributed by atoms with Crippen LogP contribution in [0.3, 0.4) is 0 Å². The van der Waals surface area contributed by atoms with Crippen LogP contribution in [-0.2, 0) is 16.0 Å². The van der Waals surface area contributed by atoms with Crippen LogP contribution in [0.15, 0.2) is 48.5 Å². The fourth-order valence-electron chi connectivity index (χ4n) is 5.89. The van der Waals surface area contributed by atoms with Gasteiger partial charge in [-0.3, -0.25) is 4.79 Å². The largest absolute Gasteiger partial charge is 0.378 e. The van der Waals surface area contributed by atoms with Gasteiger partial charge < -0.3 is 39.7 Å². The lowest BCUT2D eigenvalue weighted by Crippen LogP contribution is -2.44. The monoisotopic (exact) mass is 629 g/mol. The highest BCUT2D eigenvalue weighted by Gasteiger charge is 2.25. The molecule has 13 heteroatoms. The summed E-state index contributed by atoms with van der Waals surface area (Å²) in [7, 11) is 4.18. The van der Waals surface area contributed by atoms with Gasteiger partial charge >= 0.3 is 6.03 Å². The molecule has 2 aromatic carbocycles. The summed E-state index contributed by atoms with van der Waals surface area (Å²) in [5, 5.41) is 5.78. The van der Waals surface area contributed by atoms with Crippen LogP contribution in [0.4, 0.5) is 22.4 Å². The van der Waals surface area contributed by atoms with Crippen LogP contribution >= 0.6 is 0 Å². The zero-order chi connectivity index (χ0) is 31.9. The van der Waals surface area contributed by atoms with E-state index >= 15 is 0 Å². The lowest BCUT2D eigenvalue weighted by molar-refractivity contribution is 0.0663. The maximum absolute atomic E-state index is 13.0. The minimum Gasteiger partial charge on any atom is -0.378 e. The highest BCUT2D eigenvalue weighted by molar-refractivity contribution is 5.94. The molecule has 3 saturated heterocycles. The van der Waals surface area contributed by atoms with Crippen LogP contribution < -0.4 is 20.4 Å². The Labute approximate surface area is 269 Å². The molecule has 46 heavy (non-hydrogen) atoms. The van der Waals surface area contributed by atoms with Crippen LogP contribution in [-0.4, -0.2) is 123 Å². The number of rotatable bonds is 8. The van der Waals surface area contributed by atoms with Crippen LogP contribution in [0, 0.1) is 0 Å². The first-order valence-electron chi connectivity index (χ1n) is 16.0. The van der Waals surface area contributed by atoms with Gasteiger partial charge in [-0.25, -0.2) is 4.79 Å². The number of amides is 3. The Morgan fingerprint density at radius 1 is 0.783 bits per heavy atom. The maximum Gasteiger partial charge on any atom is 0.319 e. The second kappa shape index (κ2) is 14.8. The third-order valence-corrected chi connectivity index (χ3v) is 8.74. The number of morpholine rings is 2. The van der Waals surface area contributed by atoms with Crippen molar-refractivity contribution in [2.45, 2.75) is 25.4 Å². The molecular formula is C33H43N9O4. The highest BCUT2D eigenvalue weighted by Crippen LogP contribution is 2.24. The number of anilines is 3. The number of piperidine rings is 1. The lowest BCUT2D eigenvalue weighted by atomic mass is 10.0. The van der Waals surface area contributed by atoms with E-state index in [0.717, 1.165) is 63.2 Å². The normalized spacial score (nSPS) is 17.7. The summed E-state index contributed by atoms with van der Waals surface area (Å²) < 4.78 is 11.0. The molecule has 0 spiro atoms. The lowest BCUT2D eigenvalue weighted by Gasteiger charge is -2.35. The van der Waals surface area contributed by atoms with Gasteiger partial charge in [-0.1, -0.05) is 12.1 Å². The molecule has 0 saturated carbocycles. The number of carbonyl (C=O) groups excluding carboxylic acids is 2. The summed E-state index contributed by atoms with van der Waals surface area (Å²) in [6, 6.07) is 15.1. The average molecular weight is 630 g/mol. The van der Waals surface area contributed by atoms with Crippen molar-refractivity contribution in [1.82, 2.24) is 30.1 Å².